The van der Waals surface area contributed by atoms with Crippen LogP contribution >= 0.6 is 39.1 Å². The summed E-state index contributed by atoms with van der Waals surface area (Å²) in [5.74, 6) is 0.743. The molecule has 0 heterocycles. The summed E-state index contributed by atoms with van der Waals surface area (Å²) in [6.45, 7) is 0.0719. The molecule has 0 aliphatic heterocycles. The fourth-order valence-electron chi connectivity index (χ4n) is 2.20. The van der Waals surface area contributed by atoms with E-state index >= 15 is 0 Å². The van der Waals surface area contributed by atoms with Crippen molar-refractivity contribution in [2.45, 2.75) is 11.4 Å². The van der Waals surface area contributed by atoms with Crippen LogP contribution in [0.2, 0.25) is 10.0 Å². The fourth-order valence-corrected chi connectivity index (χ4v) is 4.72. The first kappa shape index (κ1) is 20.3. The lowest BCUT2D eigenvalue weighted by Gasteiger charge is -2.20. The van der Waals surface area contributed by atoms with Crippen LogP contribution in [0.15, 0.2) is 39.7 Å². The Morgan fingerprint density at radius 3 is 2.32 bits per heavy atom. The SMILES string of the molecule is COc1cc(Br)c(S(=O)(=O)N(C)Cc2cccc(Cl)c2Cl)cc1OC. The number of methoxy groups -OCH3 is 2. The van der Waals surface area contributed by atoms with Crippen LogP contribution in [0.5, 0.6) is 11.5 Å². The number of hydrogen-bond donors (Lipinski definition) is 0. The zero-order valence-electron chi connectivity index (χ0n) is 13.7. The lowest BCUT2D eigenvalue weighted by molar-refractivity contribution is 0.353. The molecule has 5 nitrogen and oxygen atoms in total. The van der Waals surface area contributed by atoms with E-state index in [0.29, 0.717) is 31.6 Å². The lowest BCUT2D eigenvalue weighted by atomic mass is 10.2. The minimum Gasteiger partial charge on any atom is -0.493 e. The van der Waals surface area contributed by atoms with E-state index in [0.717, 1.165) is 0 Å². The van der Waals surface area contributed by atoms with Gasteiger partial charge in [0.05, 0.1) is 24.3 Å². The highest BCUT2D eigenvalue weighted by Gasteiger charge is 2.26. The molecular formula is C16H16BrCl2NO4S. The van der Waals surface area contributed by atoms with Gasteiger partial charge in [0.25, 0.3) is 0 Å². The highest BCUT2D eigenvalue weighted by Crippen LogP contribution is 2.37. The average Bonchev–Trinajstić information content (AvgIpc) is 2.58. The summed E-state index contributed by atoms with van der Waals surface area (Å²) in [4.78, 5) is 0.0609. The first-order chi connectivity index (χ1) is 11.7. The van der Waals surface area contributed by atoms with E-state index in [9.17, 15) is 8.42 Å². The highest BCUT2D eigenvalue weighted by atomic mass is 79.9. The first-order valence-electron chi connectivity index (χ1n) is 7.03. The van der Waals surface area contributed by atoms with Gasteiger partial charge in [0.1, 0.15) is 4.90 Å². The van der Waals surface area contributed by atoms with Crippen LogP contribution in [0.4, 0.5) is 0 Å². The van der Waals surface area contributed by atoms with Gasteiger partial charge in [-0.15, -0.1) is 0 Å². The first-order valence-corrected chi connectivity index (χ1v) is 10.0. The highest BCUT2D eigenvalue weighted by molar-refractivity contribution is 9.10. The van der Waals surface area contributed by atoms with Crippen LogP contribution < -0.4 is 9.47 Å². The minimum atomic E-state index is -3.81. The van der Waals surface area contributed by atoms with Crippen molar-refractivity contribution in [3.05, 3.63) is 50.4 Å². The topological polar surface area (TPSA) is 55.8 Å². The lowest BCUT2D eigenvalue weighted by Crippen LogP contribution is -2.27. The summed E-state index contributed by atoms with van der Waals surface area (Å²) in [5.41, 5.74) is 0.608. The Balaban J connectivity index is 2.42. The number of benzene rings is 2. The second-order valence-corrected chi connectivity index (χ2v) is 8.76. The molecule has 2 rings (SSSR count). The summed E-state index contributed by atoms with van der Waals surface area (Å²) in [6, 6.07) is 8.05. The van der Waals surface area contributed by atoms with Crippen molar-refractivity contribution in [2.24, 2.45) is 0 Å². The predicted molar refractivity (Wildman–Crippen MR) is 102 cm³/mol. The summed E-state index contributed by atoms with van der Waals surface area (Å²) < 4.78 is 37.8. The molecule has 2 aromatic rings. The molecule has 0 saturated heterocycles. The Hall–Kier alpha value is -0.990. The minimum absolute atomic E-state index is 0.0609. The van der Waals surface area contributed by atoms with Gasteiger partial charge < -0.3 is 9.47 Å². The Morgan fingerprint density at radius 2 is 1.72 bits per heavy atom. The Morgan fingerprint density at radius 1 is 1.12 bits per heavy atom. The fraction of sp³-hybridized carbons (Fsp3) is 0.250. The zero-order valence-corrected chi connectivity index (χ0v) is 17.6. The normalized spacial score (nSPS) is 11.6. The van der Waals surface area contributed by atoms with E-state index in [2.05, 4.69) is 15.9 Å². The van der Waals surface area contributed by atoms with Crippen LogP contribution in [0.25, 0.3) is 0 Å². The maximum absolute atomic E-state index is 12.9. The Labute approximate surface area is 165 Å². The number of nitrogens with zero attached hydrogens (tertiary/aromatic N) is 1. The van der Waals surface area contributed by atoms with Crippen molar-refractivity contribution >= 4 is 49.2 Å². The number of rotatable bonds is 6. The largest absolute Gasteiger partial charge is 0.493 e. The summed E-state index contributed by atoms with van der Waals surface area (Å²) in [7, 11) is 0.582. The number of sulfonamides is 1. The van der Waals surface area contributed by atoms with Gasteiger partial charge in [0.15, 0.2) is 11.5 Å². The van der Waals surface area contributed by atoms with Gasteiger partial charge in [-0.2, -0.15) is 4.31 Å². The van der Waals surface area contributed by atoms with E-state index in [-0.39, 0.29) is 11.4 Å². The number of ether oxygens (including phenoxy) is 2. The summed E-state index contributed by atoms with van der Waals surface area (Å²) >= 11 is 15.4. The van der Waals surface area contributed by atoms with Crippen molar-refractivity contribution < 1.29 is 17.9 Å². The molecule has 0 bridgehead atoms. The van der Waals surface area contributed by atoms with Crippen molar-refractivity contribution in [2.75, 3.05) is 21.3 Å². The second-order valence-electron chi connectivity index (χ2n) is 5.11. The molecule has 0 aliphatic rings. The smallest absolute Gasteiger partial charge is 0.244 e. The third-order valence-corrected chi connectivity index (χ3v) is 7.17. The van der Waals surface area contributed by atoms with Crippen LogP contribution in [0.3, 0.4) is 0 Å². The number of halogens is 3. The van der Waals surface area contributed by atoms with Gasteiger partial charge in [-0.1, -0.05) is 35.3 Å². The molecule has 25 heavy (non-hydrogen) atoms. The molecule has 0 aliphatic carbocycles. The molecule has 9 heteroatoms. The molecule has 0 saturated carbocycles. The monoisotopic (exact) mass is 467 g/mol. The van der Waals surface area contributed by atoms with E-state index < -0.39 is 10.0 Å². The standard InChI is InChI=1S/C16H16BrCl2NO4S/c1-20(9-10-5-4-6-12(18)16(10)19)25(21,22)15-8-14(24-3)13(23-2)7-11(15)17/h4-8H,9H2,1-3H3. The quantitative estimate of drug-likeness (QED) is 0.621. The average molecular weight is 469 g/mol. The third kappa shape index (κ3) is 4.23. The Kier molecular flexibility index (Phi) is 6.62. The van der Waals surface area contributed by atoms with E-state index in [1.165, 1.54) is 31.6 Å². The van der Waals surface area contributed by atoms with Gasteiger partial charge in [0.2, 0.25) is 10.0 Å². The molecular weight excluding hydrogens is 453 g/mol. The van der Waals surface area contributed by atoms with Gasteiger partial charge in [-0.25, -0.2) is 8.42 Å². The van der Waals surface area contributed by atoms with Crippen LogP contribution in [0.1, 0.15) is 5.56 Å². The van der Waals surface area contributed by atoms with Crippen molar-refractivity contribution in [1.29, 1.82) is 0 Å². The molecule has 0 N–H and O–H groups in total. The second kappa shape index (κ2) is 8.14. The molecule has 0 radical (unpaired) electrons. The summed E-state index contributed by atoms with van der Waals surface area (Å²) in [5, 5.41) is 0.704. The molecule has 2 aromatic carbocycles. The maximum atomic E-state index is 12.9. The third-order valence-electron chi connectivity index (χ3n) is 3.55. The number of hydrogen-bond acceptors (Lipinski definition) is 4. The summed E-state index contributed by atoms with van der Waals surface area (Å²) in [6.07, 6.45) is 0. The van der Waals surface area contributed by atoms with Crippen molar-refractivity contribution in [1.82, 2.24) is 4.31 Å². The zero-order chi connectivity index (χ0) is 18.8. The van der Waals surface area contributed by atoms with Gasteiger partial charge in [-0.3, -0.25) is 0 Å². The van der Waals surface area contributed by atoms with Crippen molar-refractivity contribution in [3.63, 3.8) is 0 Å². The van der Waals surface area contributed by atoms with Crippen LogP contribution in [-0.2, 0) is 16.6 Å². The van der Waals surface area contributed by atoms with Gasteiger partial charge >= 0.3 is 0 Å². The van der Waals surface area contributed by atoms with Crippen molar-refractivity contribution in [3.8, 4) is 11.5 Å². The van der Waals surface area contributed by atoms with Gasteiger partial charge in [-0.05, 0) is 33.6 Å². The maximum Gasteiger partial charge on any atom is 0.244 e. The molecule has 0 unspecified atom stereocenters. The predicted octanol–water partition coefficient (Wildman–Crippen LogP) is 4.59. The Bertz CT molecular complexity index is 890. The van der Waals surface area contributed by atoms with E-state index in [1.807, 2.05) is 0 Å². The van der Waals surface area contributed by atoms with Gasteiger partial charge in [0, 0.05) is 24.1 Å². The van der Waals surface area contributed by atoms with Crippen LogP contribution in [-0.4, -0.2) is 34.0 Å². The molecule has 0 aromatic heterocycles. The molecule has 0 fully saturated rings. The molecule has 0 atom stereocenters. The molecule has 0 spiro atoms. The molecule has 0 amide bonds. The van der Waals surface area contributed by atoms with Crippen LogP contribution in [0, 0.1) is 0 Å². The van der Waals surface area contributed by atoms with E-state index in [1.54, 1.807) is 24.3 Å². The van der Waals surface area contributed by atoms with E-state index in [4.69, 9.17) is 32.7 Å². The molecule has 136 valence electrons.